The van der Waals surface area contributed by atoms with Crippen molar-refractivity contribution in [1.29, 1.82) is 0 Å². The Morgan fingerprint density at radius 1 is 1.41 bits per heavy atom. The van der Waals surface area contributed by atoms with Crippen molar-refractivity contribution in [3.05, 3.63) is 41.5 Å². The summed E-state index contributed by atoms with van der Waals surface area (Å²) in [6, 6.07) is 5.77. The number of rotatable bonds is 2. The Bertz CT molecular complexity index is 434. The van der Waals surface area contributed by atoms with E-state index < -0.39 is 0 Å². The molecule has 90 valence electrons. The highest BCUT2D eigenvalue weighted by Gasteiger charge is 2.20. The number of morpholine rings is 1. The summed E-state index contributed by atoms with van der Waals surface area (Å²) in [5.41, 5.74) is 2.75. The van der Waals surface area contributed by atoms with Gasteiger partial charge in [0.2, 0.25) is 0 Å². The van der Waals surface area contributed by atoms with Crippen molar-refractivity contribution < 1.29 is 9.53 Å². The van der Waals surface area contributed by atoms with Gasteiger partial charge in [0.15, 0.2) is 0 Å². The second-order valence-electron chi connectivity index (χ2n) is 4.14. The number of amides is 1. The normalized spacial score (nSPS) is 15.7. The second-order valence-corrected chi connectivity index (χ2v) is 4.14. The van der Waals surface area contributed by atoms with Crippen LogP contribution in [0.4, 0.5) is 0 Å². The van der Waals surface area contributed by atoms with Crippen LogP contribution in [0.5, 0.6) is 0 Å². The van der Waals surface area contributed by atoms with E-state index in [4.69, 9.17) is 4.74 Å². The monoisotopic (exact) mass is 231 g/mol. The van der Waals surface area contributed by atoms with Crippen LogP contribution in [0.3, 0.4) is 0 Å². The zero-order chi connectivity index (χ0) is 12.3. The van der Waals surface area contributed by atoms with Gasteiger partial charge in [-0.3, -0.25) is 4.79 Å². The molecule has 1 aliphatic heterocycles. The van der Waals surface area contributed by atoms with Crippen LogP contribution < -0.4 is 0 Å². The summed E-state index contributed by atoms with van der Waals surface area (Å²) in [5.74, 6) is 0.0758. The second kappa shape index (κ2) is 5.15. The third-order valence-corrected chi connectivity index (χ3v) is 3.06. The highest BCUT2D eigenvalue weighted by molar-refractivity contribution is 5.98. The number of carbonyl (C=O) groups is 1. The highest BCUT2D eigenvalue weighted by Crippen LogP contribution is 2.18. The molecule has 1 heterocycles. The summed E-state index contributed by atoms with van der Waals surface area (Å²) < 4.78 is 5.25. The lowest BCUT2D eigenvalue weighted by atomic mass is 10.0. The maximum absolute atomic E-state index is 12.4. The number of ether oxygens (including phenoxy) is 1. The van der Waals surface area contributed by atoms with Crippen LogP contribution in [0, 0.1) is 6.92 Å². The van der Waals surface area contributed by atoms with E-state index in [2.05, 4.69) is 6.58 Å². The Balaban J connectivity index is 2.29. The SMILES string of the molecule is C=Cc1c(C)cccc1C(=O)N1CCOCC1. The lowest BCUT2D eigenvalue weighted by Crippen LogP contribution is -2.41. The minimum Gasteiger partial charge on any atom is -0.378 e. The van der Waals surface area contributed by atoms with E-state index >= 15 is 0 Å². The number of aryl methyl sites for hydroxylation is 1. The minimum absolute atomic E-state index is 0.0758. The van der Waals surface area contributed by atoms with E-state index in [0.717, 1.165) is 16.7 Å². The Labute approximate surface area is 102 Å². The largest absolute Gasteiger partial charge is 0.378 e. The maximum Gasteiger partial charge on any atom is 0.254 e. The van der Waals surface area contributed by atoms with E-state index in [1.54, 1.807) is 6.08 Å². The van der Waals surface area contributed by atoms with Gasteiger partial charge in [-0.25, -0.2) is 0 Å². The van der Waals surface area contributed by atoms with Gasteiger partial charge in [0.05, 0.1) is 13.2 Å². The quantitative estimate of drug-likeness (QED) is 0.780. The van der Waals surface area contributed by atoms with E-state index in [1.807, 2.05) is 30.0 Å². The third-order valence-electron chi connectivity index (χ3n) is 3.06. The summed E-state index contributed by atoms with van der Waals surface area (Å²) in [5, 5.41) is 0. The molecular formula is C14H17NO2. The fourth-order valence-electron chi connectivity index (χ4n) is 2.07. The number of benzene rings is 1. The maximum atomic E-state index is 12.4. The lowest BCUT2D eigenvalue weighted by molar-refractivity contribution is 0.0302. The smallest absolute Gasteiger partial charge is 0.254 e. The van der Waals surface area contributed by atoms with Gasteiger partial charge in [-0.15, -0.1) is 0 Å². The van der Waals surface area contributed by atoms with Gasteiger partial charge in [0, 0.05) is 18.7 Å². The van der Waals surface area contributed by atoms with E-state index in [9.17, 15) is 4.79 Å². The number of hydrogen-bond donors (Lipinski definition) is 0. The van der Waals surface area contributed by atoms with Gasteiger partial charge >= 0.3 is 0 Å². The van der Waals surface area contributed by atoms with Gasteiger partial charge in [0.25, 0.3) is 5.91 Å². The van der Waals surface area contributed by atoms with Gasteiger partial charge < -0.3 is 9.64 Å². The molecule has 0 atom stereocenters. The molecule has 0 unspecified atom stereocenters. The Hall–Kier alpha value is -1.61. The molecule has 1 saturated heterocycles. The Kier molecular flexibility index (Phi) is 3.59. The molecule has 1 aromatic rings. The predicted molar refractivity (Wildman–Crippen MR) is 68.0 cm³/mol. The molecule has 0 aromatic heterocycles. The van der Waals surface area contributed by atoms with Crippen LogP contribution >= 0.6 is 0 Å². The van der Waals surface area contributed by atoms with Crippen LogP contribution in [0.2, 0.25) is 0 Å². The molecule has 2 rings (SSSR count). The van der Waals surface area contributed by atoms with Crippen LogP contribution in [0.15, 0.2) is 24.8 Å². The molecule has 1 fully saturated rings. The Morgan fingerprint density at radius 2 is 2.12 bits per heavy atom. The van der Waals surface area contributed by atoms with Crippen molar-refractivity contribution in [2.24, 2.45) is 0 Å². The van der Waals surface area contributed by atoms with Gasteiger partial charge in [-0.1, -0.05) is 24.8 Å². The predicted octanol–water partition coefficient (Wildman–Crippen LogP) is 2.11. The molecule has 1 aromatic carbocycles. The molecular weight excluding hydrogens is 214 g/mol. The number of carbonyl (C=O) groups excluding carboxylic acids is 1. The molecule has 0 radical (unpaired) electrons. The van der Waals surface area contributed by atoms with Crippen molar-refractivity contribution in [3.63, 3.8) is 0 Å². The highest BCUT2D eigenvalue weighted by atomic mass is 16.5. The van der Waals surface area contributed by atoms with Crippen molar-refractivity contribution >= 4 is 12.0 Å². The fourth-order valence-corrected chi connectivity index (χ4v) is 2.07. The first kappa shape index (κ1) is 11.9. The average Bonchev–Trinajstić information content (AvgIpc) is 2.38. The number of nitrogens with zero attached hydrogens (tertiary/aromatic N) is 1. The third kappa shape index (κ3) is 2.39. The molecule has 17 heavy (non-hydrogen) atoms. The van der Waals surface area contributed by atoms with Crippen LogP contribution in [-0.4, -0.2) is 37.1 Å². The van der Waals surface area contributed by atoms with E-state index in [-0.39, 0.29) is 5.91 Å². The summed E-state index contributed by atoms with van der Waals surface area (Å²) in [4.78, 5) is 14.2. The van der Waals surface area contributed by atoms with Crippen molar-refractivity contribution in [3.8, 4) is 0 Å². The zero-order valence-electron chi connectivity index (χ0n) is 10.1. The van der Waals surface area contributed by atoms with Crippen molar-refractivity contribution in [2.75, 3.05) is 26.3 Å². The molecule has 0 saturated carbocycles. The van der Waals surface area contributed by atoms with Crippen molar-refractivity contribution in [1.82, 2.24) is 4.90 Å². The van der Waals surface area contributed by atoms with Crippen LogP contribution in [-0.2, 0) is 4.74 Å². The van der Waals surface area contributed by atoms with E-state index in [0.29, 0.717) is 26.3 Å². The van der Waals surface area contributed by atoms with Crippen LogP contribution in [0.25, 0.3) is 6.08 Å². The molecule has 1 amide bonds. The topological polar surface area (TPSA) is 29.5 Å². The Morgan fingerprint density at radius 3 is 2.76 bits per heavy atom. The lowest BCUT2D eigenvalue weighted by Gasteiger charge is -2.27. The van der Waals surface area contributed by atoms with Crippen molar-refractivity contribution in [2.45, 2.75) is 6.92 Å². The molecule has 1 aliphatic rings. The molecule has 0 spiro atoms. The van der Waals surface area contributed by atoms with Gasteiger partial charge in [-0.2, -0.15) is 0 Å². The summed E-state index contributed by atoms with van der Waals surface area (Å²) in [6.45, 7) is 8.37. The first-order valence-electron chi connectivity index (χ1n) is 5.83. The summed E-state index contributed by atoms with van der Waals surface area (Å²) in [6.07, 6.45) is 1.75. The van der Waals surface area contributed by atoms with Crippen LogP contribution in [0.1, 0.15) is 21.5 Å². The molecule has 3 heteroatoms. The number of hydrogen-bond acceptors (Lipinski definition) is 2. The molecule has 0 aliphatic carbocycles. The minimum atomic E-state index is 0.0758. The van der Waals surface area contributed by atoms with Gasteiger partial charge in [-0.05, 0) is 24.1 Å². The zero-order valence-corrected chi connectivity index (χ0v) is 10.1. The van der Waals surface area contributed by atoms with E-state index in [1.165, 1.54) is 0 Å². The fraction of sp³-hybridized carbons (Fsp3) is 0.357. The summed E-state index contributed by atoms with van der Waals surface area (Å²) >= 11 is 0. The first-order valence-corrected chi connectivity index (χ1v) is 5.83. The average molecular weight is 231 g/mol. The first-order chi connectivity index (χ1) is 8.24. The molecule has 3 nitrogen and oxygen atoms in total. The standard InChI is InChI=1S/C14H17NO2/c1-3-12-11(2)5-4-6-13(12)14(16)15-7-9-17-10-8-15/h3-6H,1,7-10H2,2H3. The molecule has 0 bridgehead atoms. The summed E-state index contributed by atoms with van der Waals surface area (Å²) in [7, 11) is 0. The molecule has 0 N–H and O–H groups in total. The van der Waals surface area contributed by atoms with Gasteiger partial charge in [0.1, 0.15) is 0 Å².